The van der Waals surface area contributed by atoms with Crippen LogP contribution < -0.4 is 5.32 Å². The number of aliphatic hydroxyl groups is 1. The summed E-state index contributed by atoms with van der Waals surface area (Å²) in [6.45, 7) is 4.07. The molecule has 2 fully saturated rings. The second kappa shape index (κ2) is 8.30. The van der Waals surface area contributed by atoms with Crippen LogP contribution in [0.15, 0.2) is 30.3 Å². The van der Waals surface area contributed by atoms with Crippen LogP contribution in [0.5, 0.6) is 0 Å². The van der Waals surface area contributed by atoms with Crippen molar-refractivity contribution in [3.05, 3.63) is 35.9 Å². The quantitative estimate of drug-likeness (QED) is 0.854. The van der Waals surface area contributed by atoms with Crippen molar-refractivity contribution in [3.63, 3.8) is 0 Å². The largest absolute Gasteiger partial charge is 0.388 e. The lowest BCUT2D eigenvalue weighted by Gasteiger charge is -2.38. The minimum Gasteiger partial charge on any atom is -0.388 e. The standard InChI is InChI=1S/C20H31N3O2/c1-22-12-14-23(15-13-22)18(17-8-4-2-5-9-17)19(24)21-16-20(25)10-6-3-7-11-20/h2,4-5,8-9,18,25H,3,6-7,10-16H2,1H3,(H,21,24). The van der Waals surface area contributed by atoms with Crippen LogP contribution in [0.3, 0.4) is 0 Å². The number of carbonyl (C=O) groups is 1. The maximum Gasteiger partial charge on any atom is 0.242 e. The van der Waals surface area contributed by atoms with E-state index in [1.165, 1.54) is 6.42 Å². The van der Waals surface area contributed by atoms with Crippen molar-refractivity contribution >= 4 is 5.91 Å². The maximum atomic E-state index is 13.0. The van der Waals surface area contributed by atoms with E-state index in [-0.39, 0.29) is 11.9 Å². The van der Waals surface area contributed by atoms with E-state index in [2.05, 4.69) is 22.2 Å². The first-order valence-corrected chi connectivity index (χ1v) is 9.55. The van der Waals surface area contributed by atoms with Crippen molar-refractivity contribution < 1.29 is 9.90 Å². The number of amides is 1. The summed E-state index contributed by atoms with van der Waals surface area (Å²) in [6.07, 6.45) is 4.86. The van der Waals surface area contributed by atoms with Crippen LogP contribution in [-0.4, -0.2) is 66.2 Å². The SMILES string of the molecule is CN1CCN(C(C(=O)NCC2(O)CCCCC2)c2ccccc2)CC1. The molecule has 2 N–H and O–H groups in total. The van der Waals surface area contributed by atoms with Crippen LogP contribution in [0.2, 0.25) is 0 Å². The number of rotatable bonds is 5. The zero-order valence-electron chi connectivity index (χ0n) is 15.3. The molecule has 0 spiro atoms. The lowest BCUT2D eigenvalue weighted by molar-refractivity contribution is -0.129. The average Bonchev–Trinajstić information content (AvgIpc) is 2.64. The summed E-state index contributed by atoms with van der Waals surface area (Å²) in [7, 11) is 2.12. The van der Waals surface area contributed by atoms with Gasteiger partial charge in [-0.05, 0) is 25.5 Å². The van der Waals surface area contributed by atoms with Crippen LogP contribution in [0, 0.1) is 0 Å². The van der Waals surface area contributed by atoms with Crippen molar-refractivity contribution in [1.29, 1.82) is 0 Å². The van der Waals surface area contributed by atoms with Gasteiger partial charge in [-0.25, -0.2) is 0 Å². The highest BCUT2D eigenvalue weighted by atomic mass is 16.3. The molecule has 1 amide bonds. The molecule has 0 aromatic heterocycles. The molecule has 138 valence electrons. The number of likely N-dealkylation sites (N-methyl/N-ethyl adjacent to an activating group) is 1. The molecule has 1 aliphatic heterocycles. The second-order valence-electron chi connectivity index (χ2n) is 7.66. The highest BCUT2D eigenvalue weighted by molar-refractivity contribution is 5.83. The number of hydrogen-bond donors (Lipinski definition) is 2. The fourth-order valence-electron chi connectivity index (χ4n) is 3.98. The zero-order valence-corrected chi connectivity index (χ0v) is 15.3. The molecule has 1 heterocycles. The number of piperazine rings is 1. The van der Waals surface area contributed by atoms with Gasteiger partial charge in [-0.3, -0.25) is 9.69 Å². The van der Waals surface area contributed by atoms with E-state index >= 15 is 0 Å². The number of hydrogen-bond acceptors (Lipinski definition) is 4. The van der Waals surface area contributed by atoms with Gasteiger partial charge < -0.3 is 15.3 Å². The van der Waals surface area contributed by atoms with Crippen molar-refractivity contribution in [2.24, 2.45) is 0 Å². The molecular formula is C20H31N3O2. The van der Waals surface area contributed by atoms with E-state index < -0.39 is 5.60 Å². The van der Waals surface area contributed by atoms with E-state index in [0.29, 0.717) is 6.54 Å². The third-order valence-corrected chi connectivity index (χ3v) is 5.64. The Labute approximate surface area is 151 Å². The molecule has 0 radical (unpaired) electrons. The third-order valence-electron chi connectivity index (χ3n) is 5.64. The monoisotopic (exact) mass is 345 g/mol. The molecule has 1 aromatic carbocycles. The molecule has 1 aliphatic carbocycles. The van der Waals surface area contributed by atoms with Crippen LogP contribution in [0.4, 0.5) is 0 Å². The lowest BCUT2D eigenvalue weighted by Crippen LogP contribution is -2.52. The van der Waals surface area contributed by atoms with Crippen molar-refractivity contribution in [2.45, 2.75) is 43.7 Å². The molecule has 1 atom stereocenters. The van der Waals surface area contributed by atoms with Crippen LogP contribution in [-0.2, 0) is 4.79 Å². The Morgan fingerprint density at radius 3 is 2.40 bits per heavy atom. The Hall–Kier alpha value is -1.43. The van der Waals surface area contributed by atoms with Crippen LogP contribution in [0.25, 0.3) is 0 Å². The molecule has 25 heavy (non-hydrogen) atoms. The first kappa shape index (κ1) is 18.4. The van der Waals surface area contributed by atoms with E-state index in [4.69, 9.17) is 0 Å². The summed E-state index contributed by atoms with van der Waals surface area (Å²) < 4.78 is 0. The number of nitrogens with one attached hydrogen (secondary N) is 1. The minimum absolute atomic E-state index is 0.00903. The van der Waals surface area contributed by atoms with E-state index in [1.807, 2.05) is 30.3 Å². The van der Waals surface area contributed by atoms with Crippen molar-refractivity contribution in [1.82, 2.24) is 15.1 Å². The summed E-state index contributed by atoms with van der Waals surface area (Å²) in [6, 6.07) is 9.73. The third kappa shape index (κ3) is 4.81. The predicted octanol–water partition coefficient (Wildman–Crippen LogP) is 1.79. The summed E-state index contributed by atoms with van der Waals surface area (Å²) in [5.41, 5.74) is 0.303. The molecule has 1 saturated heterocycles. The number of nitrogens with zero attached hydrogens (tertiary/aromatic N) is 2. The number of benzene rings is 1. The van der Waals surface area contributed by atoms with Gasteiger partial charge in [0.15, 0.2) is 0 Å². The van der Waals surface area contributed by atoms with Gasteiger partial charge in [-0.1, -0.05) is 49.6 Å². The van der Waals surface area contributed by atoms with Crippen molar-refractivity contribution in [2.75, 3.05) is 39.8 Å². The van der Waals surface area contributed by atoms with E-state index in [1.54, 1.807) is 0 Å². The molecule has 2 aliphatic rings. The first-order chi connectivity index (χ1) is 12.1. The van der Waals surface area contributed by atoms with E-state index in [0.717, 1.165) is 57.4 Å². The minimum atomic E-state index is -0.725. The highest BCUT2D eigenvalue weighted by Crippen LogP contribution is 2.28. The Bertz CT molecular complexity index is 549. The van der Waals surface area contributed by atoms with Gasteiger partial charge in [0.2, 0.25) is 5.91 Å². The summed E-state index contributed by atoms with van der Waals surface area (Å²) in [5, 5.41) is 13.7. The van der Waals surface area contributed by atoms with Gasteiger partial charge in [0, 0.05) is 32.7 Å². The summed E-state index contributed by atoms with van der Waals surface area (Å²) >= 11 is 0. The fraction of sp³-hybridized carbons (Fsp3) is 0.650. The van der Waals surface area contributed by atoms with Gasteiger partial charge in [0.05, 0.1) is 5.60 Å². The van der Waals surface area contributed by atoms with Gasteiger partial charge in [-0.2, -0.15) is 0 Å². The molecule has 0 bridgehead atoms. The Kier molecular flexibility index (Phi) is 6.10. The molecule has 1 unspecified atom stereocenters. The zero-order chi connectivity index (χ0) is 17.7. The van der Waals surface area contributed by atoms with Gasteiger partial charge >= 0.3 is 0 Å². The topological polar surface area (TPSA) is 55.8 Å². The maximum absolute atomic E-state index is 13.0. The Balaban J connectivity index is 1.69. The average molecular weight is 345 g/mol. The molecule has 5 heteroatoms. The normalized spacial score (nSPS) is 23.1. The molecule has 1 aromatic rings. The second-order valence-corrected chi connectivity index (χ2v) is 7.66. The lowest BCUT2D eigenvalue weighted by atomic mass is 9.85. The van der Waals surface area contributed by atoms with Crippen molar-refractivity contribution in [3.8, 4) is 0 Å². The predicted molar refractivity (Wildman–Crippen MR) is 99.3 cm³/mol. The fourth-order valence-corrected chi connectivity index (χ4v) is 3.98. The van der Waals surface area contributed by atoms with Gasteiger partial charge in [0.25, 0.3) is 0 Å². The first-order valence-electron chi connectivity index (χ1n) is 9.55. The molecule has 5 nitrogen and oxygen atoms in total. The molecule has 3 rings (SSSR count). The van der Waals surface area contributed by atoms with Gasteiger partial charge in [0.1, 0.15) is 6.04 Å². The highest BCUT2D eigenvalue weighted by Gasteiger charge is 2.33. The molecular weight excluding hydrogens is 314 g/mol. The number of carbonyl (C=O) groups excluding carboxylic acids is 1. The Morgan fingerprint density at radius 1 is 1.12 bits per heavy atom. The van der Waals surface area contributed by atoms with Crippen LogP contribution in [0.1, 0.15) is 43.7 Å². The Morgan fingerprint density at radius 2 is 1.76 bits per heavy atom. The van der Waals surface area contributed by atoms with Gasteiger partial charge in [-0.15, -0.1) is 0 Å². The van der Waals surface area contributed by atoms with Crippen LogP contribution >= 0.6 is 0 Å². The smallest absolute Gasteiger partial charge is 0.242 e. The molecule has 1 saturated carbocycles. The summed E-state index contributed by atoms with van der Waals surface area (Å²) in [4.78, 5) is 17.6. The van der Waals surface area contributed by atoms with E-state index in [9.17, 15) is 9.90 Å². The summed E-state index contributed by atoms with van der Waals surface area (Å²) in [5.74, 6) is 0.00903.